The molecule has 2 aromatic carbocycles. The first-order chi connectivity index (χ1) is 8.69. The van der Waals surface area contributed by atoms with E-state index in [1.807, 2.05) is 24.3 Å². The summed E-state index contributed by atoms with van der Waals surface area (Å²) in [6.45, 7) is 2.10. The van der Waals surface area contributed by atoms with Crippen LogP contribution in [0.25, 0.3) is 0 Å². The van der Waals surface area contributed by atoms with Gasteiger partial charge >= 0.3 is 0 Å². The second-order valence-corrected chi connectivity index (χ2v) is 4.60. The maximum atomic E-state index is 12.8. The maximum Gasteiger partial charge on any atom is 0.123 e. The minimum Gasteiger partial charge on any atom is -0.378 e. The predicted octanol–water partition coefficient (Wildman–Crippen LogP) is 5.04. The van der Waals surface area contributed by atoms with Crippen LogP contribution in [-0.4, -0.2) is 0 Å². The standard InChI is InChI=1S/C15H15ClFN/c1-2-15(11-4-3-5-12(16)10-11)18-14-8-6-13(17)7-9-14/h3-10,15,18H,2H2,1H3. The van der Waals surface area contributed by atoms with Gasteiger partial charge in [-0.2, -0.15) is 0 Å². The SMILES string of the molecule is CCC(Nc1ccc(F)cc1)c1cccc(Cl)c1. The van der Waals surface area contributed by atoms with Crippen molar-refractivity contribution >= 4 is 17.3 Å². The molecule has 1 nitrogen and oxygen atoms in total. The van der Waals surface area contributed by atoms with Crippen molar-refractivity contribution in [2.24, 2.45) is 0 Å². The molecule has 0 aliphatic carbocycles. The van der Waals surface area contributed by atoms with Crippen LogP contribution < -0.4 is 5.32 Å². The molecule has 0 aliphatic heterocycles. The van der Waals surface area contributed by atoms with Gasteiger partial charge in [-0.1, -0.05) is 30.7 Å². The Kier molecular flexibility index (Phi) is 4.21. The highest BCUT2D eigenvalue weighted by Gasteiger charge is 2.09. The van der Waals surface area contributed by atoms with E-state index in [1.54, 1.807) is 12.1 Å². The van der Waals surface area contributed by atoms with Crippen molar-refractivity contribution in [2.45, 2.75) is 19.4 Å². The van der Waals surface area contributed by atoms with E-state index in [9.17, 15) is 4.39 Å². The molecule has 1 atom stereocenters. The highest BCUT2D eigenvalue weighted by atomic mass is 35.5. The van der Waals surface area contributed by atoms with Gasteiger partial charge in [-0.15, -0.1) is 0 Å². The fourth-order valence-electron chi connectivity index (χ4n) is 1.89. The Balaban J connectivity index is 2.17. The van der Waals surface area contributed by atoms with Gasteiger partial charge in [-0.05, 0) is 48.4 Å². The molecule has 0 fully saturated rings. The van der Waals surface area contributed by atoms with Crippen LogP contribution in [0.5, 0.6) is 0 Å². The van der Waals surface area contributed by atoms with Crippen molar-refractivity contribution in [3.63, 3.8) is 0 Å². The van der Waals surface area contributed by atoms with Gasteiger partial charge in [0.25, 0.3) is 0 Å². The first-order valence-corrected chi connectivity index (χ1v) is 6.34. The Morgan fingerprint density at radius 2 is 1.89 bits per heavy atom. The fraction of sp³-hybridized carbons (Fsp3) is 0.200. The van der Waals surface area contributed by atoms with Crippen molar-refractivity contribution in [3.05, 3.63) is 64.9 Å². The maximum absolute atomic E-state index is 12.8. The molecular weight excluding hydrogens is 249 g/mol. The van der Waals surface area contributed by atoms with Crippen LogP contribution in [0.4, 0.5) is 10.1 Å². The van der Waals surface area contributed by atoms with E-state index in [-0.39, 0.29) is 11.9 Å². The van der Waals surface area contributed by atoms with Gasteiger partial charge in [0, 0.05) is 10.7 Å². The lowest BCUT2D eigenvalue weighted by Crippen LogP contribution is -2.09. The van der Waals surface area contributed by atoms with Gasteiger partial charge in [-0.25, -0.2) is 4.39 Å². The first kappa shape index (κ1) is 12.9. The average molecular weight is 264 g/mol. The van der Waals surface area contributed by atoms with Gasteiger partial charge in [0.1, 0.15) is 5.82 Å². The third-order valence-corrected chi connectivity index (χ3v) is 3.08. The normalized spacial score (nSPS) is 12.2. The lowest BCUT2D eigenvalue weighted by atomic mass is 10.0. The highest BCUT2D eigenvalue weighted by molar-refractivity contribution is 6.30. The van der Waals surface area contributed by atoms with Crippen molar-refractivity contribution in [1.29, 1.82) is 0 Å². The Hall–Kier alpha value is -1.54. The smallest absolute Gasteiger partial charge is 0.123 e. The van der Waals surface area contributed by atoms with Crippen molar-refractivity contribution in [3.8, 4) is 0 Å². The highest BCUT2D eigenvalue weighted by Crippen LogP contribution is 2.24. The molecule has 0 radical (unpaired) electrons. The van der Waals surface area contributed by atoms with Crippen molar-refractivity contribution in [1.82, 2.24) is 0 Å². The molecule has 94 valence electrons. The monoisotopic (exact) mass is 263 g/mol. The molecule has 2 rings (SSSR count). The molecular formula is C15H15ClFN. The Morgan fingerprint density at radius 3 is 2.50 bits per heavy atom. The van der Waals surface area contributed by atoms with Crippen LogP contribution >= 0.6 is 11.6 Å². The minimum absolute atomic E-state index is 0.175. The summed E-state index contributed by atoms with van der Waals surface area (Å²) >= 11 is 5.99. The number of rotatable bonds is 4. The Labute approximate surface area is 112 Å². The van der Waals surface area contributed by atoms with Crippen molar-refractivity contribution in [2.75, 3.05) is 5.32 Å². The fourth-order valence-corrected chi connectivity index (χ4v) is 2.09. The van der Waals surface area contributed by atoms with Crippen LogP contribution in [0, 0.1) is 5.82 Å². The summed E-state index contributed by atoms with van der Waals surface area (Å²) in [6.07, 6.45) is 0.928. The Bertz CT molecular complexity index is 510. The molecule has 3 heteroatoms. The van der Waals surface area contributed by atoms with E-state index in [2.05, 4.69) is 12.2 Å². The average Bonchev–Trinajstić information content (AvgIpc) is 2.38. The predicted molar refractivity (Wildman–Crippen MR) is 74.5 cm³/mol. The first-order valence-electron chi connectivity index (χ1n) is 5.96. The van der Waals surface area contributed by atoms with Gasteiger partial charge in [0.15, 0.2) is 0 Å². The number of nitrogens with one attached hydrogen (secondary N) is 1. The number of hydrogen-bond acceptors (Lipinski definition) is 1. The molecule has 1 unspecified atom stereocenters. The lowest BCUT2D eigenvalue weighted by molar-refractivity contribution is 0.627. The molecule has 0 aromatic heterocycles. The lowest BCUT2D eigenvalue weighted by Gasteiger charge is -2.19. The topological polar surface area (TPSA) is 12.0 Å². The largest absolute Gasteiger partial charge is 0.378 e. The van der Waals surface area contributed by atoms with E-state index in [4.69, 9.17) is 11.6 Å². The van der Waals surface area contributed by atoms with Crippen LogP contribution in [0.1, 0.15) is 24.9 Å². The summed E-state index contributed by atoms with van der Waals surface area (Å²) in [4.78, 5) is 0. The zero-order valence-corrected chi connectivity index (χ0v) is 10.9. The van der Waals surface area contributed by atoms with Crippen LogP contribution in [0.3, 0.4) is 0 Å². The van der Waals surface area contributed by atoms with Crippen molar-refractivity contribution < 1.29 is 4.39 Å². The summed E-state index contributed by atoms with van der Waals surface area (Å²) in [5, 5.41) is 4.10. The minimum atomic E-state index is -0.226. The number of benzene rings is 2. The van der Waals surface area contributed by atoms with Gasteiger partial charge in [0.2, 0.25) is 0 Å². The summed E-state index contributed by atoms with van der Waals surface area (Å²) < 4.78 is 12.8. The summed E-state index contributed by atoms with van der Waals surface area (Å²) in [5.41, 5.74) is 2.04. The molecule has 0 amide bonds. The second-order valence-electron chi connectivity index (χ2n) is 4.17. The molecule has 0 saturated carbocycles. The van der Waals surface area contributed by atoms with E-state index < -0.39 is 0 Å². The zero-order valence-electron chi connectivity index (χ0n) is 10.2. The summed E-state index contributed by atoms with van der Waals surface area (Å²) in [5.74, 6) is -0.226. The van der Waals surface area contributed by atoms with Crippen LogP contribution in [0.15, 0.2) is 48.5 Å². The number of hydrogen-bond donors (Lipinski definition) is 1. The quantitative estimate of drug-likeness (QED) is 0.815. The van der Waals surface area contributed by atoms with Crippen LogP contribution in [-0.2, 0) is 0 Å². The summed E-state index contributed by atoms with van der Waals surface area (Å²) in [6, 6.07) is 14.3. The van der Waals surface area contributed by atoms with E-state index in [0.717, 1.165) is 22.7 Å². The number of halogens is 2. The Morgan fingerprint density at radius 1 is 1.17 bits per heavy atom. The molecule has 2 aromatic rings. The molecule has 0 heterocycles. The molecule has 18 heavy (non-hydrogen) atoms. The van der Waals surface area contributed by atoms with Gasteiger partial charge in [0.05, 0.1) is 6.04 Å². The molecule has 0 aliphatic rings. The molecule has 0 spiro atoms. The zero-order chi connectivity index (χ0) is 13.0. The van der Waals surface area contributed by atoms with Crippen LogP contribution in [0.2, 0.25) is 5.02 Å². The third kappa shape index (κ3) is 3.23. The molecule has 0 saturated heterocycles. The van der Waals surface area contributed by atoms with E-state index in [0.29, 0.717) is 0 Å². The molecule has 0 bridgehead atoms. The van der Waals surface area contributed by atoms with Gasteiger partial charge in [-0.3, -0.25) is 0 Å². The summed E-state index contributed by atoms with van der Waals surface area (Å²) in [7, 11) is 0. The van der Waals surface area contributed by atoms with Gasteiger partial charge < -0.3 is 5.32 Å². The second kappa shape index (κ2) is 5.87. The number of anilines is 1. The third-order valence-electron chi connectivity index (χ3n) is 2.84. The van der Waals surface area contributed by atoms with E-state index >= 15 is 0 Å². The van der Waals surface area contributed by atoms with E-state index in [1.165, 1.54) is 12.1 Å². The molecule has 1 N–H and O–H groups in total.